The molecule has 1 aromatic heterocycles. The summed E-state index contributed by atoms with van der Waals surface area (Å²) in [5.41, 5.74) is 0.318. The Bertz CT molecular complexity index is 736. The maximum Gasteiger partial charge on any atom is 0.290 e. The maximum atomic E-state index is 12.1. The highest BCUT2D eigenvalue weighted by molar-refractivity contribution is 5.91. The highest BCUT2D eigenvalue weighted by Crippen LogP contribution is 2.19. The summed E-state index contributed by atoms with van der Waals surface area (Å²) in [6.45, 7) is 0.808. The molecule has 3 rings (SSSR count). The zero-order chi connectivity index (χ0) is 16.9. The first-order valence-corrected chi connectivity index (χ1v) is 7.59. The molecule has 2 unspecified atom stereocenters. The van der Waals surface area contributed by atoms with Crippen LogP contribution in [0.3, 0.4) is 0 Å². The summed E-state index contributed by atoms with van der Waals surface area (Å²) in [6.07, 6.45) is 0.345. The zero-order valence-electron chi connectivity index (χ0n) is 12.9. The van der Waals surface area contributed by atoms with Crippen LogP contribution < -0.4 is 15.6 Å². The van der Waals surface area contributed by atoms with E-state index in [1.165, 1.54) is 0 Å². The highest BCUT2D eigenvalue weighted by Gasteiger charge is 2.30. The number of hydrogen-bond donors (Lipinski definition) is 3. The van der Waals surface area contributed by atoms with Gasteiger partial charge in [-0.15, -0.1) is 0 Å². The Hall–Kier alpha value is -2.58. The molecule has 3 N–H and O–H groups in total. The van der Waals surface area contributed by atoms with Crippen LogP contribution in [0, 0.1) is 0 Å². The van der Waals surface area contributed by atoms with E-state index in [-0.39, 0.29) is 24.5 Å². The standard InChI is InChI=1S/C16H18N2O6/c19-8-10-1-3-11(4-2-10)23-13-5-6-22-9-12(13)17-16(21)14-7-15(20)18-24-14/h1-4,7,12-13,19H,5-6,8-9H2,(H,17,21)(H,18,20). The fourth-order valence-corrected chi connectivity index (χ4v) is 2.48. The summed E-state index contributed by atoms with van der Waals surface area (Å²) in [5, 5.41) is 13.9. The number of amides is 1. The molecule has 1 fully saturated rings. The molecule has 2 aromatic rings. The van der Waals surface area contributed by atoms with E-state index in [9.17, 15) is 9.59 Å². The molecule has 2 heterocycles. The fraction of sp³-hybridized carbons (Fsp3) is 0.375. The molecule has 8 nitrogen and oxygen atoms in total. The largest absolute Gasteiger partial charge is 0.488 e. The maximum absolute atomic E-state index is 12.1. The number of hydrogen-bond acceptors (Lipinski definition) is 6. The van der Waals surface area contributed by atoms with Crippen LogP contribution in [0.25, 0.3) is 0 Å². The molecular weight excluding hydrogens is 316 g/mol. The molecule has 1 aliphatic heterocycles. The predicted octanol–water partition coefficient (Wildman–Crippen LogP) is 0.426. The van der Waals surface area contributed by atoms with Crippen LogP contribution in [-0.4, -0.2) is 41.5 Å². The van der Waals surface area contributed by atoms with Crippen molar-refractivity contribution in [3.8, 4) is 5.75 Å². The Morgan fingerprint density at radius 2 is 2.17 bits per heavy atom. The molecule has 0 spiro atoms. The minimum atomic E-state index is -0.506. The number of carbonyl (C=O) groups is 1. The van der Waals surface area contributed by atoms with Gasteiger partial charge in [0.15, 0.2) is 0 Å². The predicted molar refractivity (Wildman–Crippen MR) is 82.8 cm³/mol. The van der Waals surface area contributed by atoms with Crippen LogP contribution >= 0.6 is 0 Å². The van der Waals surface area contributed by atoms with Crippen LogP contribution in [0.4, 0.5) is 0 Å². The van der Waals surface area contributed by atoms with Crippen molar-refractivity contribution >= 4 is 5.91 Å². The summed E-state index contributed by atoms with van der Waals surface area (Å²) in [5.74, 6) is 0.0521. The molecule has 0 saturated carbocycles. The molecule has 0 bridgehead atoms. The number of nitrogens with one attached hydrogen (secondary N) is 2. The van der Waals surface area contributed by atoms with Crippen molar-refractivity contribution in [3.05, 3.63) is 52.0 Å². The third-order valence-electron chi connectivity index (χ3n) is 3.75. The Morgan fingerprint density at radius 3 is 2.83 bits per heavy atom. The number of aliphatic hydroxyl groups excluding tert-OH is 1. The third kappa shape index (κ3) is 3.84. The van der Waals surface area contributed by atoms with Gasteiger partial charge in [-0.1, -0.05) is 12.1 Å². The first-order valence-electron chi connectivity index (χ1n) is 7.59. The van der Waals surface area contributed by atoms with Crippen molar-refractivity contribution in [2.24, 2.45) is 0 Å². The van der Waals surface area contributed by atoms with Gasteiger partial charge in [0.1, 0.15) is 11.9 Å². The van der Waals surface area contributed by atoms with Crippen molar-refractivity contribution in [2.75, 3.05) is 13.2 Å². The Balaban J connectivity index is 1.66. The Labute approximate surface area is 137 Å². The summed E-state index contributed by atoms with van der Waals surface area (Å²) in [4.78, 5) is 23.2. The van der Waals surface area contributed by atoms with E-state index in [2.05, 4.69) is 10.5 Å². The van der Waals surface area contributed by atoms with Crippen molar-refractivity contribution < 1.29 is 23.9 Å². The quantitative estimate of drug-likeness (QED) is 0.730. The Kier molecular flexibility index (Phi) is 4.97. The van der Waals surface area contributed by atoms with E-state index in [1.54, 1.807) is 24.3 Å². The second-order valence-electron chi connectivity index (χ2n) is 5.48. The summed E-state index contributed by atoms with van der Waals surface area (Å²) in [6, 6.07) is 7.80. The van der Waals surface area contributed by atoms with E-state index >= 15 is 0 Å². The van der Waals surface area contributed by atoms with E-state index in [4.69, 9.17) is 19.1 Å². The van der Waals surface area contributed by atoms with E-state index in [0.717, 1.165) is 11.6 Å². The van der Waals surface area contributed by atoms with E-state index in [0.29, 0.717) is 25.4 Å². The summed E-state index contributed by atoms with van der Waals surface area (Å²) < 4.78 is 16.1. The smallest absolute Gasteiger partial charge is 0.290 e. The molecule has 2 atom stereocenters. The monoisotopic (exact) mass is 334 g/mol. The summed E-state index contributed by atoms with van der Waals surface area (Å²) in [7, 11) is 0. The zero-order valence-corrected chi connectivity index (χ0v) is 12.9. The van der Waals surface area contributed by atoms with Crippen LogP contribution in [0.2, 0.25) is 0 Å². The first kappa shape index (κ1) is 16.3. The van der Waals surface area contributed by atoms with Crippen LogP contribution in [-0.2, 0) is 11.3 Å². The van der Waals surface area contributed by atoms with Gasteiger partial charge in [0.2, 0.25) is 5.76 Å². The van der Waals surface area contributed by atoms with Gasteiger partial charge in [-0.3, -0.25) is 9.59 Å². The topological polar surface area (TPSA) is 114 Å². The molecule has 1 aliphatic rings. The average Bonchev–Trinajstić information content (AvgIpc) is 3.04. The van der Waals surface area contributed by atoms with Crippen molar-refractivity contribution in [3.63, 3.8) is 0 Å². The number of ether oxygens (including phenoxy) is 2. The summed E-state index contributed by atoms with van der Waals surface area (Å²) >= 11 is 0. The molecule has 128 valence electrons. The lowest BCUT2D eigenvalue weighted by Crippen LogP contribution is -2.51. The molecule has 1 amide bonds. The lowest BCUT2D eigenvalue weighted by atomic mass is 10.1. The average molecular weight is 334 g/mol. The van der Waals surface area contributed by atoms with Gasteiger partial charge in [0.05, 0.1) is 31.9 Å². The molecule has 1 aromatic carbocycles. The third-order valence-corrected chi connectivity index (χ3v) is 3.75. The molecule has 8 heteroatoms. The SMILES string of the molecule is O=C(NC1COCCC1Oc1ccc(CO)cc1)c1cc(=O)[nH]o1. The van der Waals surface area contributed by atoms with Gasteiger partial charge < -0.3 is 24.4 Å². The molecule has 24 heavy (non-hydrogen) atoms. The molecular formula is C16H18N2O6. The number of rotatable bonds is 5. The fourth-order valence-electron chi connectivity index (χ4n) is 2.48. The number of aromatic nitrogens is 1. The number of aromatic amines is 1. The van der Waals surface area contributed by atoms with Crippen molar-refractivity contribution in [1.29, 1.82) is 0 Å². The molecule has 1 saturated heterocycles. The second kappa shape index (κ2) is 7.33. The lowest BCUT2D eigenvalue weighted by Gasteiger charge is -2.32. The number of benzene rings is 1. The highest BCUT2D eigenvalue weighted by atomic mass is 16.5. The minimum Gasteiger partial charge on any atom is -0.488 e. The van der Waals surface area contributed by atoms with Gasteiger partial charge in [-0.2, -0.15) is 5.16 Å². The van der Waals surface area contributed by atoms with Crippen LogP contribution in [0.15, 0.2) is 39.6 Å². The molecule has 0 aliphatic carbocycles. The lowest BCUT2D eigenvalue weighted by molar-refractivity contribution is -0.00330. The van der Waals surface area contributed by atoms with Gasteiger partial charge in [-0.05, 0) is 17.7 Å². The van der Waals surface area contributed by atoms with E-state index < -0.39 is 11.5 Å². The number of carbonyl (C=O) groups excluding carboxylic acids is 1. The van der Waals surface area contributed by atoms with Gasteiger partial charge in [0, 0.05) is 6.42 Å². The van der Waals surface area contributed by atoms with Gasteiger partial charge >= 0.3 is 0 Å². The van der Waals surface area contributed by atoms with Gasteiger partial charge in [0.25, 0.3) is 11.5 Å². The van der Waals surface area contributed by atoms with Crippen LogP contribution in [0.1, 0.15) is 22.5 Å². The van der Waals surface area contributed by atoms with Crippen molar-refractivity contribution in [2.45, 2.75) is 25.2 Å². The number of H-pyrrole nitrogens is 1. The second-order valence-corrected chi connectivity index (χ2v) is 5.48. The minimum absolute atomic E-state index is 0.0297. The van der Waals surface area contributed by atoms with Crippen LogP contribution in [0.5, 0.6) is 5.75 Å². The number of aliphatic hydroxyl groups is 1. The van der Waals surface area contributed by atoms with Crippen molar-refractivity contribution in [1.82, 2.24) is 10.5 Å². The van der Waals surface area contributed by atoms with Gasteiger partial charge in [-0.25, -0.2) is 0 Å². The normalized spacial score (nSPS) is 20.5. The molecule has 0 radical (unpaired) electrons. The van der Waals surface area contributed by atoms with E-state index in [1.807, 2.05) is 0 Å². The Morgan fingerprint density at radius 1 is 1.38 bits per heavy atom. The first-order chi connectivity index (χ1) is 11.7.